The Bertz CT molecular complexity index is 518. The zero-order valence-electron chi connectivity index (χ0n) is 21.7. The maximum Gasteiger partial charge on any atom is -0.693 e. The summed E-state index contributed by atoms with van der Waals surface area (Å²) in [6, 6.07) is 0. The number of carboxylic acids is 1. The summed E-state index contributed by atoms with van der Waals surface area (Å²) >= 11 is -0.472. The first-order chi connectivity index (χ1) is 16.0. The fourth-order valence-corrected chi connectivity index (χ4v) is 3.08. The van der Waals surface area contributed by atoms with E-state index in [2.05, 4.69) is 24.4 Å². The van der Waals surface area contributed by atoms with Crippen molar-refractivity contribution in [3.8, 4) is 0 Å². The summed E-state index contributed by atoms with van der Waals surface area (Å²) in [6.45, 7) is 2.60. The number of carbonyl (C=O) groups is 3. The fraction of sp³-hybridized carbons (Fsp3) is 0.792. The van der Waals surface area contributed by atoms with Crippen molar-refractivity contribution in [2.45, 2.75) is 110 Å². The van der Waals surface area contributed by atoms with Gasteiger partial charge in [0.15, 0.2) is 0 Å². The molecule has 0 fully saturated rings. The Kier molecular flexibility index (Phi) is 48.8. The topological polar surface area (TPSA) is 191 Å². The smallest absolute Gasteiger partial charge is 0.693 e. The minimum atomic E-state index is -1.00. The Balaban J connectivity index is -0.000000506. The molecule has 0 aliphatic heterocycles. The van der Waals surface area contributed by atoms with Gasteiger partial charge in [0.25, 0.3) is 0 Å². The summed E-state index contributed by atoms with van der Waals surface area (Å²) in [4.78, 5) is 33.3. The second-order valence-electron chi connectivity index (χ2n) is 7.84. The van der Waals surface area contributed by atoms with Gasteiger partial charge in [-0.3, -0.25) is 14.4 Å². The van der Waals surface area contributed by atoms with Gasteiger partial charge in [-0.25, -0.2) is 0 Å². The first-order valence-corrected chi connectivity index (χ1v) is 17.7. The molecule has 0 saturated carbocycles. The predicted octanol–water partition coefficient (Wildman–Crippen LogP) is 7.53. The van der Waals surface area contributed by atoms with Crippen LogP contribution in [-0.4, -0.2) is 41.6 Å². The van der Waals surface area contributed by atoms with Crippen LogP contribution in [0, 0.1) is 0 Å². The van der Waals surface area contributed by atoms with Crippen LogP contribution in [0.15, 0.2) is 12.2 Å². The molecule has 1 amide bonds. The van der Waals surface area contributed by atoms with E-state index in [0.717, 1.165) is 25.7 Å². The number of nitrogens with one attached hydrogen (secondary N) is 1. The molecule has 0 rings (SSSR count). The molecule has 0 aliphatic carbocycles. The monoisotopic (exact) mass is 740 g/mol. The van der Waals surface area contributed by atoms with Crippen LogP contribution in [0.5, 0.6) is 0 Å². The number of halogens is 2. The van der Waals surface area contributed by atoms with Crippen LogP contribution in [0.4, 0.5) is 0 Å². The van der Waals surface area contributed by atoms with Crippen molar-refractivity contribution in [1.29, 1.82) is 0 Å². The van der Waals surface area contributed by atoms with Gasteiger partial charge in [0.05, 0.1) is 13.0 Å². The van der Waals surface area contributed by atoms with E-state index in [1.165, 1.54) is 57.8 Å². The van der Waals surface area contributed by atoms with Gasteiger partial charge in [0.1, 0.15) is 6.61 Å². The minimum Gasteiger partial charge on any atom is -0.693 e. The largest absolute Gasteiger partial charge is 0.693 e. The molecule has 0 aromatic carbocycles. The Hall–Kier alpha value is -0.702. The second-order valence-corrected chi connectivity index (χ2v) is 11.1. The molecule has 0 aromatic heterocycles. The maximum atomic E-state index is 11.6. The number of carbonyl (C=O) groups excluding carboxylic acids is 2. The summed E-state index contributed by atoms with van der Waals surface area (Å²) in [5, 5.41) is 11.0. The third-order valence-corrected chi connectivity index (χ3v) is 4.90. The number of aliphatic carboxylic acids is 1. The van der Waals surface area contributed by atoms with E-state index in [1.54, 1.807) is 0 Å². The van der Waals surface area contributed by atoms with Gasteiger partial charge in [0.2, 0.25) is 5.91 Å². The van der Waals surface area contributed by atoms with Crippen LogP contribution in [-0.2, 0) is 35.6 Å². The van der Waals surface area contributed by atoms with Crippen LogP contribution in [0.3, 0.4) is 0 Å². The predicted molar refractivity (Wildman–Crippen MR) is 146 cm³/mol. The maximum absolute atomic E-state index is 11.6. The van der Waals surface area contributed by atoms with E-state index in [0.29, 0.717) is 6.42 Å². The molecule has 12 heteroatoms. The molecule has 0 atom stereocenters. The van der Waals surface area contributed by atoms with Crippen molar-refractivity contribution in [2.24, 2.45) is 0 Å². The number of rotatable bonds is 21. The Morgan fingerprint density at radius 1 is 0.806 bits per heavy atom. The number of unbranched alkanes of at least 4 members (excludes halogenated alkanes) is 11. The molecule has 0 heterocycles. The van der Waals surface area contributed by atoms with E-state index in [4.69, 9.17) is 28.7 Å². The summed E-state index contributed by atoms with van der Waals surface area (Å²) in [5.41, 5.74) is 0. The van der Waals surface area contributed by atoms with Crippen molar-refractivity contribution in [3.63, 3.8) is 0 Å². The van der Waals surface area contributed by atoms with Crippen LogP contribution in [0.1, 0.15) is 110 Å². The van der Waals surface area contributed by atoms with E-state index >= 15 is 0 Å². The van der Waals surface area contributed by atoms with Gasteiger partial charge in [-0.05, 0) is 32.1 Å². The summed E-state index contributed by atoms with van der Waals surface area (Å²) < 4.78 is 5.06. The molecule has 0 spiro atoms. The van der Waals surface area contributed by atoms with Crippen molar-refractivity contribution in [1.82, 2.24) is 5.32 Å². The van der Waals surface area contributed by atoms with Crippen molar-refractivity contribution in [2.75, 3.05) is 13.2 Å². The number of hydrogen-bond acceptors (Lipinski definition) is 4. The molecule has 8 N–H and O–H groups in total. The van der Waals surface area contributed by atoms with Gasteiger partial charge in [-0.2, -0.15) is 0 Å². The first kappa shape index (κ1) is 45.2. The number of amides is 1. The molecule has 220 valence electrons. The molecule has 0 radical (unpaired) electrons. The third-order valence-electron chi connectivity index (χ3n) is 4.90. The molecule has 0 unspecified atom stereocenters. The number of esters is 1. The van der Waals surface area contributed by atoms with E-state index in [-0.39, 0.29) is 55.6 Å². The van der Waals surface area contributed by atoms with E-state index < -0.39 is 22.5 Å². The zero-order valence-corrected chi connectivity index (χ0v) is 25.5. The standard InChI is InChI=1S/C24H43NO5.2ClH.2H2N.H2O.Pt/c1-2-3-4-5-6-7-8-9-10-11-12-13-14-15-16-17-24(29)30-21-20-25-22(26)18-19-23(27)28;;;;;;/h9-10H,2-8,11-21H2,1H3,(H,25,26)(H,27,28);2*1H;3*1H2;/q;;;2*-1;;+4/p-2/b10-9-;;;;;;. The van der Waals surface area contributed by atoms with Crippen LogP contribution in [0.2, 0.25) is 0 Å². The van der Waals surface area contributed by atoms with Crippen LogP contribution in [0.25, 0.3) is 12.3 Å². The number of allylic oxidation sites excluding steroid dienone is 2. The van der Waals surface area contributed by atoms with E-state index in [9.17, 15) is 14.4 Å². The Morgan fingerprint density at radius 3 is 1.78 bits per heavy atom. The fourth-order valence-electron chi connectivity index (χ4n) is 3.08. The van der Waals surface area contributed by atoms with Crippen molar-refractivity contribution in [3.05, 3.63) is 24.5 Å². The third kappa shape index (κ3) is 43.4. The van der Waals surface area contributed by atoms with Gasteiger partial charge >= 0.3 is 47.3 Å². The summed E-state index contributed by atoms with van der Waals surface area (Å²) in [7, 11) is 9.75. The molecule has 36 heavy (non-hydrogen) atoms. The molecule has 9 nitrogen and oxygen atoms in total. The first-order valence-electron chi connectivity index (χ1n) is 12.1. The van der Waals surface area contributed by atoms with Gasteiger partial charge in [-0.15, -0.1) is 0 Å². The second kappa shape index (κ2) is 38.8. The number of ether oxygens (including phenoxy) is 1. The van der Waals surface area contributed by atoms with Gasteiger partial charge in [0, 0.05) is 12.8 Å². The Morgan fingerprint density at radius 2 is 1.28 bits per heavy atom. The van der Waals surface area contributed by atoms with Crippen LogP contribution >= 0.6 is 18.8 Å². The average Bonchev–Trinajstić information content (AvgIpc) is 2.78. The normalized spacial score (nSPS) is 9.75. The molecule has 0 saturated heterocycles. The van der Waals surface area contributed by atoms with Crippen molar-refractivity contribution >= 4 is 36.7 Å². The summed E-state index contributed by atoms with van der Waals surface area (Å²) in [5.74, 6) is -1.59. The number of nitrogens with two attached hydrogens (primary N) is 2. The van der Waals surface area contributed by atoms with Crippen molar-refractivity contribution < 1.29 is 46.2 Å². The average molecular weight is 742 g/mol. The SMILES string of the molecule is CCCCCCCC/C=C\CCCCCCCC(=O)OCCNC(=O)CCC(=O)O.O.[Cl][Pt+2][Cl].[NH2-].[NH2-]. The molecular formula is C24H49Cl2N3O6Pt. The Labute approximate surface area is 234 Å². The quantitative estimate of drug-likeness (QED) is 0.0697. The minimum absolute atomic E-state index is 0. The number of hydrogen-bond donors (Lipinski definition) is 2. The molecule has 0 aromatic rings. The molecular weight excluding hydrogens is 692 g/mol. The van der Waals surface area contributed by atoms with Gasteiger partial charge in [-0.1, -0.05) is 70.4 Å². The molecule has 0 aliphatic rings. The zero-order chi connectivity index (χ0) is 25.0. The summed E-state index contributed by atoms with van der Waals surface area (Å²) in [6.07, 6.45) is 20.7. The number of carboxylic acid groups (broad SMARTS) is 1. The van der Waals surface area contributed by atoms with Crippen LogP contribution < -0.4 is 5.32 Å². The van der Waals surface area contributed by atoms with E-state index in [1.807, 2.05) is 0 Å². The van der Waals surface area contributed by atoms with Gasteiger partial charge < -0.3 is 32.9 Å². The molecule has 0 bridgehead atoms.